The Morgan fingerprint density at radius 2 is 1.88 bits per heavy atom. The Bertz CT molecular complexity index is 287. The van der Waals surface area contributed by atoms with Gasteiger partial charge in [0, 0.05) is 14.2 Å². The molecule has 0 aliphatic carbocycles. The average molecular weight is 225 g/mol. The first-order valence-corrected chi connectivity index (χ1v) is 5.24. The fourth-order valence-electron chi connectivity index (χ4n) is 1.53. The van der Waals surface area contributed by atoms with Gasteiger partial charge >= 0.3 is 0 Å². The van der Waals surface area contributed by atoms with Crippen LogP contribution in [-0.2, 0) is 20.7 Å². The van der Waals surface area contributed by atoms with E-state index in [2.05, 4.69) is 17.0 Å². The normalized spacial score (nSPS) is 12.7. The Kier molecular flexibility index (Phi) is 6.03. The maximum atomic E-state index is 5.33. The van der Waals surface area contributed by atoms with Crippen molar-refractivity contribution in [2.75, 3.05) is 27.4 Å². The summed E-state index contributed by atoms with van der Waals surface area (Å²) >= 11 is 0. The van der Waals surface area contributed by atoms with Crippen LogP contribution in [0.5, 0.6) is 0 Å². The summed E-state index contributed by atoms with van der Waals surface area (Å²) in [6, 6.07) is 8.18. The summed E-state index contributed by atoms with van der Waals surface area (Å²) < 4.78 is 10.4. The van der Waals surface area contributed by atoms with Crippen LogP contribution in [0.2, 0.25) is 0 Å². The Morgan fingerprint density at radius 1 is 1.19 bits per heavy atom. The zero-order valence-electron chi connectivity index (χ0n) is 9.81. The van der Waals surface area contributed by atoms with Gasteiger partial charge in [-0.3, -0.25) is 0 Å². The molecular formula is C12H19NO3. The van der Waals surface area contributed by atoms with Gasteiger partial charge < -0.3 is 14.3 Å². The molecule has 2 N–H and O–H groups in total. The van der Waals surface area contributed by atoms with E-state index in [1.165, 1.54) is 5.56 Å². The molecule has 16 heavy (non-hydrogen) atoms. The zero-order valence-corrected chi connectivity index (χ0v) is 9.81. The van der Waals surface area contributed by atoms with E-state index in [1.807, 2.05) is 12.1 Å². The molecule has 4 nitrogen and oxygen atoms in total. The van der Waals surface area contributed by atoms with Gasteiger partial charge in [0.05, 0.1) is 13.2 Å². The van der Waals surface area contributed by atoms with Crippen molar-refractivity contribution in [2.45, 2.75) is 12.5 Å². The van der Waals surface area contributed by atoms with E-state index in [-0.39, 0.29) is 6.10 Å². The van der Waals surface area contributed by atoms with E-state index in [9.17, 15) is 0 Å². The number of hydrogen-bond acceptors (Lipinski definition) is 4. The summed E-state index contributed by atoms with van der Waals surface area (Å²) in [7, 11) is 3.35. The van der Waals surface area contributed by atoms with Gasteiger partial charge in [-0.2, -0.15) is 0 Å². The number of nitrogens with two attached hydrogens (primary N) is 1. The third kappa shape index (κ3) is 3.90. The van der Waals surface area contributed by atoms with Crippen molar-refractivity contribution in [1.29, 1.82) is 0 Å². The van der Waals surface area contributed by atoms with Crippen LogP contribution >= 0.6 is 0 Å². The van der Waals surface area contributed by atoms with Gasteiger partial charge in [-0.25, -0.2) is 5.90 Å². The topological polar surface area (TPSA) is 53.7 Å². The number of benzene rings is 1. The molecule has 1 aromatic carbocycles. The monoisotopic (exact) mass is 225 g/mol. The lowest BCUT2D eigenvalue weighted by molar-refractivity contribution is 0.0275. The number of methoxy groups -OCH3 is 2. The van der Waals surface area contributed by atoms with Crippen molar-refractivity contribution in [3.05, 3.63) is 35.4 Å². The van der Waals surface area contributed by atoms with Crippen LogP contribution in [0, 0.1) is 0 Å². The van der Waals surface area contributed by atoms with Gasteiger partial charge in [0.1, 0.15) is 6.10 Å². The summed E-state index contributed by atoms with van der Waals surface area (Å²) in [5.41, 5.74) is 2.31. The first-order chi connectivity index (χ1) is 7.81. The summed E-state index contributed by atoms with van der Waals surface area (Å²) in [6.07, 6.45) is 0.809. The molecule has 0 aliphatic heterocycles. The summed E-state index contributed by atoms with van der Waals surface area (Å²) in [5.74, 6) is 4.98. The van der Waals surface area contributed by atoms with Crippen LogP contribution < -0.4 is 5.90 Å². The van der Waals surface area contributed by atoms with E-state index in [0.29, 0.717) is 13.2 Å². The van der Waals surface area contributed by atoms with Gasteiger partial charge in [-0.05, 0) is 17.5 Å². The molecule has 0 saturated heterocycles. The van der Waals surface area contributed by atoms with Gasteiger partial charge in [0.15, 0.2) is 0 Å². The van der Waals surface area contributed by atoms with E-state index in [1.54, 1.807) is 14.2 Å². The van der Waals surface area contributed by atoms with Gasteiger partial charge in [-0.15, -0.1) is 0 Å². The quantitative estimate of drug-likeness (QED) is 0.714. The Morgan fingerprint density at radius 3 is 2.38 bits per heavy atom. The minimum Gasteiger partial charge on any atom is -0.382 e. The fraction of sp³-hybridized carbons (Fsp3) is 0.500. The Hall–Kier alpha value is -0.940. The van der Waals surface area contributed by atoms with Gasteiger partial charge in [0.25, 0.3) is 0 Å². The third-order valence-corrected chi connectivity index (χ3v) is 2.46. The maximum Gasteiger partial charge on any atom is 0.105 e. The number of ether oxygens (including phenoxy) is 2. The summed E-state index contributed by atoms with van der Waals surface area (Å²) in [4.78, 5) is 4.54. The van der Waals surface area contributed by atoms with E-state index in [0.717, 1.165) is 12.0 Å². The van der Waals surface area contributed by atoms with Crippen LogP contribution in [0.4, 0.5) is 0 Å². The van der Waals surface area contributed by atoms with E-state index >= 15 is 0 Å². The second kappa shape index (κ2) is 7.35. The second-order valence-corrected chi connectivity index (χ2v) is 3.54. The highest BCUT2D eigenvalue weighted by Gasteiger charge is 2.09. The molecule has 0 fully saturated rings. The summed E-state index contributed by atoms with van der Waals surface area (Å²) in [5, 5.41) is 0. The Labute approximate surface area is 96.3 Å². The van der Waals surface area contributed by atoms with E-state index < -0.39 is 0 Å². The molecule has 1 atom stereocenters. The highest BCUT2D eigenvalue weighted by atomic mass is 16.6. The van der Waals surface area contributed by atoms with Crippen molar-refractivity contribution in [1.82, 2.24) is 0 Å². The number of hydrogen-bond donors (Lipinski definition) is 1. The first kappa shape index (κ1) is 13.1. The minimum absolute atomic E-state index is 0.00944. The van der Waals surface area contributed by atoms with Gasteiger partial charge in [0.2, 0.25) is 0 Å². The lowest BCUT2D eigenvalue weighted by Gasteiger charge is -2.14. The molecule has 0 heterocycles. The smallest absolute Gasteiger partial charge is 0.105 e. The fourth-order valence-corrected chi connectivity index (χ4v) is 1.53. The molecule has 0 saturated carbocycles. The molecule has 1 unspecified atom stereocenters. The van der Waals surface area contributed by atoms with Crippen molar-refractivity contribution >= 4 is 0 Å². The molecule has 0 spiro atoms. The molecule has 0 aromatic heterocycles. The van der Waals surface area contributed by atoms with Crippen LogP contribution in [0.3, 0.4) is 0 Å². The van der Waals surface area contributed by atoms with E-state index in [4.69, 9.17) is 15.4 Å². The van der Waals surface area contributed by atoms with Crippen molar-refractivity contribution in [3.63, 3.8) is 0 Å². The molecule has 0 bridgehead atoms. The minimum atomic E-state index is -0.00944. The average Bonchev–Trinajstić information content (AvgIpc) is 2.34. The Balaban J connectivity index is 2.61. The van der Waals surface area contributed by atoms with Crippen LogP contribution in [0.15, 0.2) is 24.3 Å². The van der Waals surface area contributed by atoms with Crippen molar-refractivity contribution in [2.24, 2.45) is 5.90 Å². The molecule has 0 radical (unpaired) electrons. The molecule has 0 aliphatic rings. The largest absolute Gasteiger partial charge is 0.382 e. The highest BCUT2D eigenvalue weighted by molar-refractivity contribution is 5.24. The molecular weight excluding hydrogens is 206 g/mol. The first-order valence-electron chi connectivity index (χ1n) is 5.24. The molecule has 1 rings (SSSR count). The predicted octanol–water partition coefficient (Wildman–Crippen LogP) is 1.45. The standard InChI is InChI=1S/C12H19NO3/c1-14-9-12(15-2)11-5-3-10(4-6-11)7-8-16-13/h3-6,12H,7-9,13H2,1-2H3. The summed E-state index contributed by atoms with van der Waals surface area (Å²) in [6.45, 7) is 1.09. The lowest BCUT2D eigenvalue weighted by atomic mass is 10.1. The van der Waals surface area contributed by atoms with Crippen molar-refractivity contribution < 1.29 is 14.3 Å². The van der Waals surface area contributed by atoms with Crippen LogP contribution in [0.1, 0.15) is 17.2 Å². The molecule has 4 heteroatoms. The van der Waals surface area contributed by atoms with Crippen molar-refractivity contribution in [3.8, 4) is 0 Å². The lowest BCUT2D eigenvalue weighted by Crippen LogP contribution is -2.08. The van der Waals surface area contributed by atoms with Crippen LogP contribution in [-0.4, -0.2) is 27.4 Å². The van der Waals surface area contributed by atoms with Gasteiger partial charge in [-0.1, -0.05) is 24.3 Å². The zero-order chi connectivity index (χ0) is 11.8. The third-order valence-electron chi connectivity index (χ3n) is 2.46. The highest BCUT2D eigenvalue weighted by Crippen LogP contribution is 2.17. The van der Waals surface area contributed by atoms with Crippen LogP contribution in [0.25, 0.3) is 0 Å². The molecule has 90 valence electrons. The molecule has 1 aromatic rings. The second-order valence-electron chi connectivity index (χ2n) is 3.54. The number of rotatable bonds is 7. The maximum absolute atomic E-state index is 5.33. The SMILES string of the molecule is COCC(OC)c1ccc(CCON)cc1. The predicted molar refractivity (Wildman–Crippen MR) is 61.9 cm³/mol. The molecule has 0 amide bonds.